The van der Waals surface area contributed by atoms with Gasteiger partial charge in [0.2, 0.25) is 0 Å². The number of hydrogen-bond acceptors (Lipinski definition) is 6. The Morgan fingerprint density at radius 1 is 1.23 bits per heavy atom. The van der Waals surface area contributed by atoms with Crippen LogP contribution in [0.15, 0.2) is 49.1 Å². The molecule has 2 aromatic heterocycles. The number of hydrogen-bond donors (Lipinski definition) is 1. The minimum atomic E-state index is -0.132. The summed E-state index contributed by atoms with van der Waals surface area (Å²) in [6.45, 7) is 3.07. The number of pyridine rings is 1. The highest BCUT2D eigenvalue weighted by molar-refractivity contribution is 5.78. The minimum absolute atomic E-state index is 0.132. The van der Waals surface area contributed by atoms with Crippen molar-refractivity contribution in [3.8, 4) is 11.8 Å². The molecule has 0 saturated carbocycles. The zero-order valence-electron chi connectivity index (χ0n) is 14.5. The summed E-state index contributed by atoms with van der Waals surface area (Å²) in [7, 11) is 0. The van der Waals surface area contributed by atoms with E-state index >= 15 is 0 Å². The average Bonchev–Trinajstić information content (AvgIpc) is 3.12. The van der Waals surface area contributed by atoms with E-state index in [0.717, 1.165) is 35.2 Å². The van der Waals surface area contributed by atoms with Gasteiger partial charge in [0.05, 0.1) is 5.52 Å². The molecule has 1 aromatic carbocycles. The first-order valence-electron chi connectivity index (χ1n) is 8.69. The molecule has 26 heavy (non-hydrogen) atoms. The molecule has 130 valence electrons. The summed E-state index contributed by atoms with van der Waals surface area (Å²) in [6, 6.07) is 12.0. The van der Waals surface area contributed by atoms with Crippen molar-refractivity contribution < 1.29 is 4.74 Å². The van der Waals surface area contributed by atoms with Gasteiger partial charge in [-0.05, 0) is 31.5 Å². The zero-order chi connectivity index (χ0) is 17.9. The lowest BCUT2D eigenvalue weighted by Crippen LogP contribution is -2.22. The van der Waals surface area contributed by atoms with Gasteiger partial charge in [-0.25, -0.2) is 15.0 Å². The fourth-order valence-corrected chi connectivity index (χ4v) is 3.45. The molecule has 0 aliphatic carbocycles. The molecule has 3 atom stereocenters. The van der Waals surface area contributed by atoms with Crippen molar-refractivity contribution in [1.29, 1.82) is 5.26 Å². The maximum Gasteiger partial charge on any atom is 0.140 e. The zero-order valence-corrected chi connectivity index (χ0v) is 14.5. The highest BCUT2D eigenvalue weighted by atomic mass is 16.5. The van der Waals surface area contributed by atoms with E-state index in [-0.39, 0.29) is 6.10 Å². The molecule has 3 heterocycles. The molecule has 1 N–H and O–H groups in total. The minimum Gasteiger partial charge on any atom is -0.485 e. The van der Waals surface area contributed by atoms with E-state index in [2.05, 4.69) is 33.3 Å². The molecule has 0 spiro atoms. The normalized spacial score (nSPS) is 20.6. The Morgan fingerprint density at radius 3 is 2.88 bits per heavy atom. The summed E-state index contributed by atoms with van der Waals surface area (Å²) >= 11 is 0. The van der Waals surface area contributed by atoms with Crippen molar-refractivity contribution >= 4 is 10.9 Å². The third-order valence-electron chi connectivity index (χ3n) is 4.78. The van der Waals surface area contributed by atoms with Crippen LogP contribution in [-0.2, 0) is 0 Å². The first-order chi connectivity index (χ1) is 12.7. The predicted molar refractivity (Wildman–Crippen MR) is 97.4 cm³/mol. The summed E-state index contributed by atoms with van der Waals surface area (Å²) in [5, 5.41) is 13.4. The first kappa shape index (κ1) is 16.4. The number of nitrogens with zero attached hydrogens (tertiary/aromatic N) is 4. The van der Waals surface area contributed by atoms with Crippen molar-refractivity contribution in [1.82, 2.24) is 20.3 Å². The van der Waals surface area contributed by atoms with Crippen LogP contribution in [0.1, 0.15) is 30.7 Å². The Hall–Kier alpha value is -3.04. The van der Waals surface area contributed by atoms with Gasteiger partial charge in [-0.3, -0.25) is 0 Å². The van der Waals surface area contributed by atoms with Crippen molar-refractivity contribution in [2.75, 3.05) is 6.54 Å². The maximum absolute atomic E-state index is 8.98. The molecule has 1 fully saturated rings. The van der Waals surface area contributed by atoms with Crippen LogP contribution in [0.2, 0.25) is 0 Å². The van der Waals surface area contributed by atoms with Crippen LogP contribution in [0, 0.1) is 17.2 Å². The predicted octanol–water partition coefficient (Wildman–Crippen LogP) is 3.01. The topological polar surface area (TPSA) is 83.7 Å². The quantitative estimate of drug-likeness (QED) is 0.782. The van der Waals surface area contributed by atoms with Crippen molar-refractivity contribution in [2.24, 2.45) is 5.92 Å². The maximum atomic E-state index is 8.98. The summed E-state index contributed by atoms with van der Waals surface area (Å²) in [4.78, 5) is 12.6. The molecule has 6 nitrogen and oxygen atoms in total. The van der Waals surface area contributed by atoms with Crippen LogP contribution < -0.4 is 10.1 Å². The van der Waals surface area contributed by atoms with E-state index in [9.17, 15) is 0 Å². The second-order valence-electron chi connectivity index (χ2n) is 6.68. The summed E-state index contributed by atoms with van der Waals surface area (Å²) in [5.41, 5.74) is 2.24. The molecule has 0 amide bonds. The molecular weight excluding hydrogens is 326 g/mol. The Morgan fingerprint density at radius 2 is 2.15 bits per heavy atom. The number of ether oxygens (including phenoxy) is 1. The van der Waals surface area contributed by atoms with Gasteiger partial charge in [0.15, 0.2) is 0 Å². The van der Waals surface area contributed by atoms with Crippen molar-refractivity contribution in [3.05, 3.63) is 60.3 Å². The average molecular weight is 345 g/mol. The second-order valence-corrected chi connectivity index (χ2v) is 6.68. The highest BCUT2D eigenvalue weighted by Crippen LogP contribution is 2.34. The number of rotatable bonds is 4. The van der Waals surface area contributed by atoms with Gasteiger partial charge in [0.25, 0.3) is 0 Å². The van der Waals surface area contributed by atoms with Gasteiger partial charge >= 0.3 is 0 Å². The Balaban J connectivity index is 1.66. The third kappa shape index (κ3) is 3.35. The van der Waals surface area contributed by atoms with Crippen molar-refractivity contribution in [3.63, 3.8) is 0 Å². The SMILES string of the molecule is CC1CC(C(Oc2ccc3cncnc3c2)c2ccc(C#N)nc2)CN1. The molecule has 6 heteroatoms. The third-order valence-corrected chi connectivity index (χ3v) is 4.78. The van der Waals surface area contributed by atoms with Gasteiger partial charge < -0.3 is 10.1 Å². The number of aromatic nitrogens is 3. The molecule has 1 aliphatic rings. The van der Waals surface area contributed by atoms with Gasteiger partial charge in [-0.1, -0.05) is 6.07 Å². The number of nitrogens with one attached hydrogen (secondary N) is 1. The molecule has 1 aliphatic heterocycles. The number of nitriles is 1. The Kier molecular flexibility index (Phi) is 4.46. The fourth-order valence-electron chi connectivity index (χ4n) is 3.45. The van der Waals surface area contributed by atoms with Gasteiger partial charge in [-0.15, -0.1) is 0 Å². The van der Waals surface area contributed by atoms with E-state index < -0.39 is 0 Å². The lowest BCUT2D eigenvalue weighted by Gasteiger charge is -2.25. The Labute approximate surface area is 151 Å². The molecule has 1 saturated heterocycles. The van der Waals surface area contributed by atoms with E-state index in [4.69, 9.17) is 10.00 Å². The largest absolute Gasteiger partial charge is 0.485 e. The van der Waals surface area contributed by atoms with Gasteiger partial charge in [0, 0.05) is 47.9 Å². The van der Waals surface area contributed by atoms with Crippen LogP contribution in [0.25, 0.3) is 10.9 Å². The Bertz CT molecular complexity index is 950. The van der Waals surface area contributed by atoms with E-state index in [1.165, 1.54) is 6.33 Å². The van der Waals surface area contributed by atoms with Crippen LogP contribution in [0.3, 0.4) is 0 Å². The van der Waals surface area contributed by atoms with Crippen LogP contribution in [0.5, 0.6) is 5.75 Å². The van der Waals surface area contributed by atoms with Crippen molar-refractivity contribution in [2.45, 2.75) is 25.5 Å². The molecule has 3 unspecified atom stereocenters. The van der Waals surface area contributed by atoms with Gasteiger partial charge in [-0.2, -0.15) is 5.26 Å². The lowest BCUT2D eigenvalue weighted by atomic mass is 9.94. The fraction of sp³-hybridized carbons (Fsp3) is 0.300. The monoisotopic (exact) mass is 345 g/mol. The van der Waals surface area contributed by atoms with Crippen LogP contribution >= 0.6 is 0 Å². The molecule has 3 aromatic rings. The summed E-state index contributed by atoms with van der Waals surface area (Å²) in [5.74, 6) is 1.10. The summed E-state index contributed by atoms with van der Waals surface area (Å²) in [6.07, 6.45) is 5.97. The molecular formula is C20H19N5O. The number of benzene rings is 1. The molecule has 4 rings (SSSR count). The molecule has 0 radical (unpaired) electrons. The summed E-state index contributed by atoms with van der Waals surface area (Å²) < 4.78 is 6.39. The second kappa shape index (κ2) is 7.06. The van der Waals surface area contributed by atoms with E-state index in [1.54, 1.807) is 18.5 Å². The smallest absolute Gasteiger partial charge is 0.140 e. The standard InChI is InChI=1S/C20H19N5O/c1-13-6-16(11-23-13)20(15-2-4-17(8-21)24-10-15)26-18-5-3-14-9-22-12-25-19(14)7-18/h2-5,7,9-10,12-13,16,20,23H,6,11H2,1H3. The first-order valence-corrected chi connectivity index (χ1v) is 8.69. The number of fused-ring (bicyclic) bond motifs is 1. The van der Waals surface area contributed by atoms with E-state index in [1.807, 2.05) is 24.3 Å². The highest BCUT2D eigenvalue weighted by Gasteiger charge is 2.31. The lowest BCUT2D eigenvalue weighted by molar-refractivity contribution is 0.143. The molecule has 0 bridgehead atoms. The van der Waals surface area contributed by atoms with Crippen LogP contribution in [0.4, 0.5) is 0 Å². The van der Waals surface area contributed by atoms with E-state index in [0.29, 0.717) is 17.7 Å². The van der Waals surface area contributed by atoms with Gasteiger partial charge in [0.1, 0.15) is 29.9 Å². The van der Waals surface area contributed by atoms with Crippen LogP contribution in [-0.4, -0.2) is 27.5 Å².